The van der Waals surface area contributed by atoms with Gasteiger partial charge >= 0.3 is 0 Å². The van der Waals surface area contributed by atoms with Gasteiger partial charge in [-0.3, -0.25) is 4.99 Å². The van der Waals surface area contributed by atoms with Gasteiger partial charge in [0.05, 0.1) is 23.9 Å². The Morgan fingerprint density at radius 2 is 1.93 bits per heavy atom. The number of hydrogen-bond donors (Lipinski definition) is 2. The molecule has 1 aliphatic heterocycles. The predicted molar refractivity (Wildman–Crippen MR) is 111 cm³/mol. The van der Waals surface area contributed by atoms with Crippen molar-refractivity contribution in [2.24, 2.45) is 4.99 Å². The number of phenols is 1. The number of benzene rings is 2. The maximum atomic E-state index is 10.5. The van der Waals surface area contributed by atoms with E-state index in [2.05, 4.69) is 27.9 Å². The van der Waals surface area contributed by atoms with Crippen molar-refractivity contribution in [2.75, 3.05) is 10.6 Å². The van der Waals surface area contributed by atoms with Crippen LogP contribution in [0.1, 0.15) is 5.56 Å². The molecule has 0 radical (unpaired) electrons. The van der Waals surface area contributed by atoms with Crippen molar-refractivity contribution >= 4 is 28.9 Å². The van der Waals surface area contributed by atoms with Gasteiger partial charge in [-0.25, -0.2) is 15.0 Å². The smallest absolute Gasteiger partial charge is 0.165 e. The summed E-state index contributed by atoms with van der Waals surface area (Å²) in [5, 5.41) is 12.4. The summed E-state index contributed by atoms with van der Waals surface area (Å²) in [7, 11) is 0. The van der Waals surface area contributed by atoms with Crippen LogP contribution < -0.4 is 21.2 Å². The van der Waals surface area contributed by atoms with E-state index in [1.165, 1.54) is 6.33 Å². The molecule has 29 heavy (non-hydrogen) atoms. The fourth-order valence-electron chi connectivity index (χ4n) is 3.64. The van der Waals surface area contributed by atoms with Gasteiger partial charge in [-0.05, 0) is 30.7 Å². The van der Waals surface area contributed by atoms with Gasteiger partial charge in [0, 0.05) is 11.4 Å². The second kappa shape index (κ2) is 6.59. The molecule has 1 aliphatic rings. The lowest BCUT2D eigenvalue weighted by atomic mass is 10.1. The van der Waals surface area contributed by atoms with Crippen LogP contribution in [0.2, 0.25) is 0 Å². The fourth-order valence-corrected chi connectivity index (χ4v) is 3.64. The Balaban J connectivity index is 1.66. The molecule has 0 amide bonds. The van der Waals surface area contributed by atoms with Gasteiger partial charge in [0.2, 0.25) is 0 Å². The first-order chi connectivity index (χ1) is 14.1. The second-order valence-electron chi connectivity index (χ2n) is 6.97. The molecular weight excluding hydrogens is 366 g/mol. The molecule has 4 aromatic rings. The van der Waals surface area contributed by atoms with Gasteiger partial charge in [0.25, 0.3) is 0 Å². The minimum atomic E-state index is -0.300. The Morgan fingerprint density at radius 3 is 2.79 bits per heavy atom. The van der Waals surface area contributed by atoms with Gasteiger partial charge in [0.15, 0.2) is 11.5 Å². The number of fused-ring (bicyclic) bond motifs is 2. The van der Waals surface area contributed by atoms with Gasteiger partial charge in [-0.15, -0.1) is 0 Å². The highest BCUT2D eigenvalue weighted by molar-refractivity contribution is 5.81. The van der Waals surface area contributed by atoms with Crippen molar-refractivity contribution in [2.45, 2.75) is 19.6 Å². The Labute approximate surface area is 166 Å². The third-order valence-electron chi connectivity index (χ3n) is 5.13. The highest BCUT2D eigenvalue weighted by atomic mass is 16.3. The van der Waals surface area contributed by atoms with E-state index in [1.54, 1.807) is 18.5 Å². The number of nitrogens with zero attached hydrogens (tertiary/aromatic N) is 6. The molecule has 2 aromatic carbocycles. The van der Waals surface area contributed by atoms with Crippen molar-refractivity contribution in [3.05, 3.63) is 71.3 Å². The van der Waals surface area contributed by atoms with E-state index < -0.39 is 0 Å². The van der Waals surface area contributed by atoms with Crippen molar-refractivity contribution in [1.29, 1.82) is 0 Å². The average Bonchev–Trinajstić information content (AvgIpc) is 3.13. The van der Waals surface area contributed by atoms with Crippen LogP contribution in [-0.2, 0) is 6.54 Å². The number of phenolic OH excluding ortho intramolecular Hbond substituents is 1. The molecule has 3 N–H and O–H groups in total. The molecule has 144 valence electrons. The van der Waals surface area contributed by atoms with Crippen molar-refractivity contribution in [1.82, 2.24) is 19.5 Å². The topological polar surface area (TPSA) is 105 Å². The van der Waals surface area contributed by atoms with E-state index in [-0.39, 0.29) is 11.9 Å². The molecular formula is C21H19N7O. The quantitative estimate of drug-likeness (QED) is 0.551. The highest BCUT2D eigenvalue weighted by Gasteiger charge is 2.23. The van der Waals surface area contributed by atoms with Crippen molar-refractivity contribution in [3.8, 4) is 5.75 Å². The summed E-state index contributed by atoms with van der Waals surface area (Å²) in [5.74, 6) is 0.544. The zero-order valence-corrected chi connectivity index (χ0v) is 15.8. The molecule has 1 atom stereocenters. The number of anilines is 2. The van der Waals surface area contributed by atoms with E-state index in [0.29, 0.717) is 29.2 Å². The van der Waals surface area contributed by atoms with Gasteiger partial charge in [0.1, 0.15) is 23.8 Å². The van der Waals surface area contributed by atoms with Crippen LogP contribution in [0.5, 0.6) is 5.75 Å². The van der Waals surface area contributed by atoms with Crippen LogP contribution in [0.4, 0.5) is 11.5 Å². The first kappa shape index (κ1) is 17.2. The molecule has 0 saturated carbocycles. The summed E-state index contributed by atoms with van der Waals surface area (Å²) >= 11 is 0. The van der Waals surface area contributed by atoms with Crippen LogP contribution in [-0.4, -0.2) is 30.8 Å². The molecule has 2 aromatic heterocycles. The minimum absolute atomic E-state index is 0.197. The number of para-hydroxylation sites is 2. The molecule has 0 fully saturated rings. The summed E-state index contributed by atoms with van der Waals surface area (Å²) in [6.07, 6.45) is 4.87. The monoisotopic (exact) mass is 385 g/mol. The molecule has 8 nitrogen and oxygen atoms in total. The maximum Gasteiger partial charge on any atom is 0.165 e. The number of nitrogen functional groups attached to an aromatic ring is 1. The van der Waals surface area contributed by atoms with Crippen LogP contribution in [0.25, 0.3) is 17.4 Å². The summed E-state index contributed by atoms with van der Waals surface area (Å²) in [6.45, 7) is 2.53. The standard InChI is InChI=1S/C21H19N7O/c1-13-5-4-6-15-14(13)9-28(16-7-2-3-8-17(16)29)18(26-15)10-27-12-25-19-20(22)23-11-24-21(19)27/h2-9,11-12,18,29H,10H2,1H3,(H2,22,23,24). The highest BCUT2D eigenvalue weighted by Crippen LogP contribution is 2.30. The SMILES string of the molecule is Cc1cccc2c1=CN(c1ccccc1O)C(Cn1cnc3c(N)ncnc31)N=2. The normalized spacial score (nSPS) is 15.6. The zero-order valence-electron chi connectivity index (χ0n) is 15.8. The van der Waals surface area contributed by atoms with Gasteiger partial charge in [-0.1, -0.05) is 24.3 Å². The minimum Gasteiger partial charge on any atom is -0.506 e. The van der Waals surface area contributed by atoms with E-state index >= 15 is 0 Å². The van der Waals surface area contributed by atoms with Crippen molar-refractivity contribution in [3.63, 3.8) is 0 Å². The van der Waals surface area contributed by atoms with E-state index in [1.807, 2.05) is 39.9 Å². The van der Waals surface area contributed by atoms with Crippen LogP contribution in [0.15, 0.2) is 60.1 Å². The third-order valence-corrected chi connectivity index (χ3v) is 5.13. The molecule has 0 bridgehead atoms. The lowest BCUT2D eigenvalue weighted by molar-refractivity contribution is 0.470. The molecule has 0 saturated heterocycles. The first-order valence-corrected chi connectivity index (χ1v) is 9.25. The Morgan fingerprint density at radius 1 is 1.07 bits per heavy atom. The summed E-state index contributed by atoms with van der Waals surface area (Å²) in [4.78, 5) is 19.6. The van der Waals surface area contributed by atoms with Crippen LogP contribution in [0, 0.1) is 6.92 Å². The number of aryl methyl sites for hydroxylation is 1. The molecule has 1 unspecified atom stereocenters. The van der Waals surface area contributed by atoms with Crippen molar-refractivity contribution < 1.29 is 5.11 Å². The molecule has 5 rings (SSSR count). The summed E-state index contributed by atoms with van der Waals surface area (Å²) in [6, 6.07) is 13.3. The molecule has 3 heterocycles. The number of imidazole rings is 1. The number of rotatable bonds is 3. The Hall–Kier alpha value is -3.94. The molecule has 0 aliphatic carbocycles. The van der Waals surface area contributed by atoms with Crippen LogP contribution >= 0.6 is 0 Å². The van der Waals surface area contributed by atoms with Gasteiger partial charge < -0.3 is 20.3 Å². The Kier molecular flexibility index (Phi) is 3.90. The third kappa shape index (κ3) is 2.85. The lowest BCUT2D eigenvalue weighted by Gasteiger charge is -2.31. The number of aromatic nitrogens is 4. The first-order valence-electron chi connectivity index (χ1n) is 9.25. The average molecular weight is 385 g/mol. The molecule has 8 heteroatoms. The predicted octanol–water partition coefficient (Wildman–Crippen LogP) is 1.33. The summed E-state index contributed by atoms with van der Waals surface area (Å²) < 4.78 is 1.91. The van der Waals surface area contributed by atoms with E-state index in [9.17, 15) is 5.11 Å². The number of hydrogen-bond acceptors (Lipinski definition) is 7. The summed E-state index contributed by atoms with van der Waals surface area (Å²) in [5.41, 5.74) is 8.95. The largest absolute Gasteiger partial charge is 0.506 e. The zero-order chi connectivity index (χ0) is 20.0. The number of aromatic hydroxyl groups is 1. The van der Waals surface area contributed by atoms with E-state index in [0.717, 1.165) is 16.1 Å². The number of nitrogens with two attached hydrogens (primary N) is 1. The maximum absolute atomic E-state index is 10.5. The Bertz CT molecular complexity index is 1340. The fraction of sp³-hybridized carbons (Fsp3) is 0.143. The van der Waals surface area contributed by atoms with E-state index in [4.69, 9.17) is 10.7 Å². The second-order valence-corrected chi connectivity index (χ2v) is 6.97. The lowest BCUT2D eigenvalue weighted by Crippen LogP contribution is -2.44. The van der Waals surface area contributed by atoms with Crippen LogP contribution in [0.3, 0.4) is 0 Å². The molecule has 0 spiro atoms. The van der Waals surface area contributed by atoms with Gasteiger partial charge in [-0.2, -0.15) is 0 Å².